The van der Waals surface area contributed by atoms with Crippen molar-refractivity contribution in [1.29, 1.82) is 0 Å². The van der Waals surface area contributed by atoms with Crippen molar-refractivity contribution in [3.63, 3.8) is 0 Å². The van der Waals surface area contributed by atoms with Crippen LogP contribution < -0.4 is 15.1 Å². The van der Waals surface area contributed by atoms with Gasteiger partial charge in [-0.05, 0) is 30.7 Å². The third-order valence-corrected chi connectivity index (χ3v) is 6.19. The van der Waals surface area contributed by atoms with Crippen LogP contribution in [0.3, 0.4) is 0 Å². The molecule has 4 rings (SSSR count). The highest BCUT2D eigenvalue weighted by Crippen LogP contribution is 2.25. The van der Waals surface area contributed by atoms with Gasteiger partial charge in [-0.15, -0.1) is 0 Å². The van der Waals surface area contributed by atoms with E-state index in [9.17, 15) is 0 Å². The van der Waals surface area contributed by atoms with Gasteiger partial charge in [-0.3, -0.25) is 0 Å². The molecule has 7 heteroatoms. The molecule has 1 unspecified atom stereocenters. The molecule has 0 spiro atoms. The van der Waals surface area contributed by atoms with E-state index in [4.69, 9.17) is 0 Å². The van der Waals surface area contributed by atoms with Crippen molar-refractivity contribution in [2.45, 2.75) is 12.5 Å². The first-order valence-electron chi connectivity index (χ1n) is 8.70. The molecule has 1 aromatic heterocycles. The number of nitrogens with one attached hydrogen (secondary N) is 1. The number of anilines is 3. The van der Waals surface area contributed by atoms with Crippen LogP contribution in [0, 0.1) is 0 Å². The van der Waals surface area contributed by atoms with Gasteiger partial charge in [0, 0.05) is 60.0 Å². The largest absolute Gasteiger partial charge is 0.369 e. The monoisotopic (exact) mass is 419 g/mol. The quantitative estimate of drug-likeness (QED) is 0.817. The second kappa shape index (κ2) is 7.83. The molecule has 3 heterocycles. The normalized spacial score (nSPS) is 20.8. The van der Waals surface area contributed by atoms with E-state index in [-0.39, 0.29) is 0 Å². The maximum Gasteiger partial charge on any atom is 0.134 e. The summed E-state index contributed by atoms with van der Waals surface area (Å²) in [5.41, 5.74) is 1.28. The highest BCUT2D eigenvalue weighted by Gasteiger charge is 2.23. The van der Waals surface area contributed by atoms with Gasteiger partial charge in [0.1, 0.15) is 18.0 Å². The Morgan fingerprint density at radius 2 is 1.84 bits per heavy atom. The Morgan fingerprint density at radius 3 is 2.64 bits per heavy atom. The van der Waals surface area contributed by atoms with Gasteiger partial charge in [0.05, 0.1) is 0 Å². The average molecular weight is 420 g/mol. The van der Waals surface area contributed by atoms with Crippen molar-refractivity contribution in [1.82, 2.24) is 9.97 Å². The molecule has 0 bridgehead atoms. The molecule has 132 valence electrons. The topological polar surface area (TPSA) is 44.3 Å². The third-order valence-electron chi connectivity index (χ3n) is 4.72. The SMILES string of the molecule is Brc1ccc(N2CCC(Nc3cc(N4CCSCC4)ncn3)C2)cc1. The number of thioether (sulfide) groups is 1. The zero-order valence-corrected chi connectivity index (χ0v) is 16.5. The van der Waals surface area contributed by atoms with Gasteiger partial charge >= 0.3 is 0 Å². The number of benzene rings is 1. The fourth-order valence-electron chi connectivity index (χ4n) is 3.37. The van der Waals surface area contributed by atoms with Crippen molar-refractivity contribution in [2.75, 3.05) is 52.8 Å². The lowest BCUT2D eigenvalue weighted by molar-refractivity contribution is 0.795. The van der Waals surface area contributed by atoms with Crippen LogP contribution in [0.15, 0.2) is 41.1 Å². The maximum atomic E-state index is 4.46. The second-order valence-electron chi connectivity index (χ2n) is 6.41. The minimum atomic E-state index is 0.420. The van der Waals surface area contributed by atoms with Crippen molar-refractivity contribution in [3.8, 4) is 0 Å². The summed E-state index contributed by atoms with van der Waals surface area (Å²) in [5, 5.41) is 3.60. The smallest absolute Gasteiger partial charge is 0.134 e. The molecule has 0 amide bonds. The number of nitrogens with zero attached hydrogens (tertiary/aromatic N) is 4. The minimum absolute atomic E-state index is 0.420. The summed E-state index contributed by atoms with van der Waals surface area (Å²) in [7, 11) is 0. The van der Waals surface area contributed by atoms with Crippen molar-refractivity contribution >= 4 is 45.0 Å². The molecule has 1 N–H and O–H groups in total. The zero-order chi connectivity index (χ0) is 17.1. The predicted octanol–water partition coefficient (Wildman–Crippen LogP) is 3.48. The Morgan fingerprint density at radius 1 is 1.04 bits per heavy atom. The summed E-state index contributed by atoms with van der Waals surface area (Å²) in [6, 6.07) is 11.1. The van der Waals surface area contributed by atoms with E-state index in [1.54, 1.807) is 6.33 Å². The van der Waals surface area contributed by atoms with Gasteiger partial charge in [0.25, 0.3) is 0 Å². The van der Waals surface area contributed by atoms with Gasteiger partial charge in [0.15, 0.2) is 0 Å². The number of halogens is 1. The van der Waals surface area contributed by atoms with Crippen LogP contribution in [0.4, 0.5) is 17.3 Å². The second-order valence-corrected chi connectivity index (χ2v) is 8.55. The van der Waals surface area contributed by atoms with Gasteiger partial charge in [0.2, 0.25) is 0 Å². The molecule has 1 atom stereocenters. The Bertz CT molecular complexity index is 705. The number of aromatic nitrogens is 2. The first-order chi connectivity index (χ1) is 12.3. The maximum absolute atomic E-state index is 4.46. The van der Waals surface area contributed by atoms with Gasteiger partial charge in [-0.25, -0.2) is 9.97 Å². The fraction of sp³-hybridized carbons (Fsp3) is 0.444. The molecular weight excluding hydrogens is 398 g/mol. The number of hydrogen-bond acceptors (Lipinski definition) is 6. The summed E-state index contributed by atoms with van der Waals surface area (Å²) in [5.74, 6) is 4.33. The molecule has 2 aliphatic rings. The van der Waals surface area contributed by atoms with Crippen LogP contribution in [0.5, 0.6) is 0 Å². The molecule has 2 saturated heterocycles. The Labute approximate surface area is 161 Å². The molecule has 2 aromatic rings. The van der Waals surface area contributed by atoms with E-state index in [0.717, 1.165) is 48.7 Å². The van der Waals surface area contributed by atoms with Crippen molar-refractivity contribution in [2.24, 2.45) is 0 Å². The summed E-state index contributed by atoms with van der Waals surface area (Å²) in [6.45, 7) is 4.21. The van der Waals surface area contributed by atoms with Gasteiger partial charge in [-0.1, -0.05) is 15.9 Å². The lowest BCUT2D eigenvalue weighted by Crippen LogP contribution is -2.33. The fourth-order valence-corrected chi connectivity index (χ4v) is 4.53. The molecule has 25 heavy (non-hydrogen) atoms. The molecule has 5 nitrogen and oxygen atoms in total. The molecule has 2 aliphatic heterocycles. The standard InChI is InChI=1S/C18H22BrN5S/c19-14-1-3-16(4-2-14)24-6-5-15(12-24)22-17-11-18(21-13-20-17)23-7-9-25-10-8-23/h1-4,11,13,15H,5-10,12H2,(H,20,21,22). The highest BCUT2D eigenvalue weighted by molar-refractivity contribution is 9.10. The Hall–Kier alpha value is -1.47. The Balaban J connectivity index is 1.38. The molecule has 0 saturated carbocycles. The highest BCUT2D eigenvalue weighted by atomic mass is 79.9. The van der Waals surface area contributed by atoms with Crippen LogP contribution in [-0.2, 0) is 0 Å². The summed E-state index contributed by atoms with van der Waals surface area (Å²) >= 11 is 5.51. The van der Waals surface area contributed by atoms with Crippen molar-refractivity contribution < 1.29 is 0 Å². The first-order valence-corrected chi connectivity index (χ1v) is 10.6. The van der Waals surface area contributed by atoms with Crippen LogP contribution in [-0.4, -0.2) is 53.7 Å². The third kappa shape index (κ3) is 4.20. The molecule has 0 radical (unpaired) electrons. The van der Waals surface area contributed by atoms with E-state index in [0.29, 0.717) is 6.04 Å². The number of rotatable bonds is 4. The molecule has 2 fully saturated rings. The molecule has 0 aliphatic carbocycles. The summed E-state index contributed by atoms with van der Waals surface area (Å²) in [4.78, 5) is 13.7. The molecular formula is C18H22BrN5S. The van der Waals surface area contributed by atoms with Gasteiger partial charge < -0.3 is 15.1 Å². The predicted molar refractivity (Wildman–Crippen MR) is 110 cm³/mol. The van der Waals surface area contributed by atoms with Crippen molar-refractivity contribution in [3.05, 3.63) is 41.1 Å². The van der Waals surface area contributed by atoms with E-state index in [1.807, 2.05) is 11.8 Å². The first kappa shape index (κ1) is 17.0. The van der Waals surface area contributed by atoms with Crippen LogP contribution in [0.2, 0.25) is 0 Å². The summed E-state index contributed by atoms with van der Waals surface area (Å²) < 4.78 is 1.12. The van der Waals surface area contributed by atoms with Gasteiger partial charge in [-0.2, -0.15) is 11.8 Å². The average Bonchev–Trinajstić information content (AvgIpc) is 3.12. The number of hydrogen-bond donors (Lipinski definition) is 1. The zero-order valence-electron chi connectivity index (χ0n) is 14.1. The lowest BCUT2D eigenvalue weighted by atomic mass is 10.2. The van der Waals surface area contributed by atoms with E-state index in [2.05, 4.69) is 71.3 Å². The van der Waals surface area contributed by atoms with E-state index < -0.39 is 0 Å². The minimum Gasteiger partial charge on any atom is -0.369 e. The molecule has 1 aromatic carbocycles. The summed E-state index contributed by atoms with van der Waals surface area (Å²) in [6.07, 6.45) is 2.80. The van der Waals surface area contributed by atoms with E-state index in [1.165, 1.54) is 17.2 Å². The van der Waals surface area contributed by atoms with Crippen LogP contribution in [0.25, 0.3) is 0 Å². The van der Waals surface area contributed by atoms with E-state index >= 15 is 0 Å². The Kier molecular flexibility index (Phi) is 5.31. The lowest BCUT2D eigenvalue weighted by Gasteiger charge is -2.27. The van der Waals surface area contributed by atoms with Crippen LogP contribution >= 0.6 is 27.7 Å². The van der Waals surface area contributed by atoms with Crippen LogP contribution in [0.1, 0.15) is 6.42 Å².